The molecule has 0 bridgehead atoms. The summed E-state index contributed by atoms with van der Waals surface area (Å²) in [4.78, 5) is 23.8. The molecule has 0 saturated heterocycles. The third-order valence-electron chi connectivity index (χ3n) is 3.62. The molecule has 0 radical (unpaired) electrons. The van der Waals surface area contributed by atoms with E-state index < -0.39 is 23.7 Å². The maximum Gasteiger partial charge on any atom is 0.306 e. The van der Waals surface area contributed by atoms with Crippen molar-refractivity contribution < 1.29 is 44.1 Å². The van der Waals surface area contributed by atoms with Crippen LogP contribution in [0.25, 0.3) is 0 Å². The van der Waals surface area contributed by atoms with Gasteiger partial charge in [-0.25, -0.2) is 0 Å². The van der Waals surface area contributed by atoms with Crippen LogP contribution in [-0.4, -0.2) is 67.8 Å². The Morgan fingerprint density at radius 1 is 0.931 bits per heavy atom. The first kappa shape index (κ1) is 28.7. The zero-order chi connectivity index (χ0) is 22.0. The summed E-state index contributed by atoms with van der Waals surface area (Å²) in [6.07, 6.45) is 3.45. The van der Waals surface area contributed by atoms with Crippen LogP contribution in [0.4, 0.5) is 0 Å². The molecule has 0 fully saturated rings. The van der Waals surface area contributed by atoms with Gasteiger partial charge in [0.2, 0.25) is 0 Å². The fraction of sp³-hybridized carbons (Fsp3) is 0.882. The normalized spacial score (nSPS) is 14.2. The highest BCUT2D eigenvalue weighted by Gasteiger charge is 2.19. The van der Waals surface area contributed by atoms with Gasteiger partial charge in [0.1, 0.15) is 13.2 Å². The minimum atomic E-state index is -2.92. The van der Waals surface area contributed by atoms with Gasteiger partial charge in [0.05, 0.1) is 18.8 Å². The highest BCUT2D eigenvalue weighted by Crippen LogP contribution is 2.45. The lowest BCUT2D eigenvalue weighted by molar-refractivity contribution is -0.370. The fourth-order valence-corrected chi connectivity index (χ4v) is 3.71. The van der Waals surface area contributed by atoms with Crippen LogP contribution in [0.2, 0.25) is 0 Å². The zero-order valence-electron chi connectivity index (χ0n) is 16.8. The van der Waals surface area contributed by atoms with Gasteiger partial charge in [-0.05, 0) is 25.7 Å². The molecular formula is C17H34NO8PS2. The van der Waals surface area contributed by atoms with Gasteiger partial charge in [0.25, 0.3) is 0 Å². The molecule has 12 heteroatoms. The van der Waals surface area contributed by atoms with E-state index in [1.165, 1.54) is 0 Å². The molecule has 0 amide bonds. The number of rotatable bonds is 19. The Labute approximate surface area is 182 Å². The molecule has 2 atom stereocenters. The number of unbranched alkanes of at least 4 members (excludes halogenated alkanes) is 4. The minimum Gasteiger partial charge on any atom is -0.691 e. The summed E-state index contributed by atoms with van der Waals surface area (Å²) in [5.74, 6) is -0.870. The second-order valence-electron chi connectivity index (χ2n) is 6.29. The van der Waals surface area contributed by atoms with Crippen molar-refractivity contribution in [1.29, 1.82) is 0 Å². The van der Waals surface area contributed by atoms with Crippen molar-refractivity contribution in [2.24, 2.45) is 0 Å². The standard InChI is InChI=1S/C17H34NO8PS2/c18-9-12-24-27(28,29)25-14-15(26-17(22)8-4-2-6-11-20)13-23-16(21)7-3-1-5-10-19/h15,19-20H,1-14,18H2,(H,28,29)/t15-/m1/s1. The van der Waals surface area contributed by atoms with Gasteiger partial charge in [0, 0.05) is 26.1 Å². The van der Waals surface area contributed by atoms with Gasteiger partial charge in [-0.3, -0.25) is 9.59 Å². The number of aliphatic hydroxyl groups excluding tert-OH is 2. The molecule has 1 unspecified atom stereocenters. The van der Waals surface area contributed by atoms with E-state index in [2.05, 4.69) is 5.73 Å². The van der Waals surface area contributed by atoms with Crippen LogP contribution in [0.15, 0.2) is 0 Å². The maximum atomic E-state index is 12.0. The maximum absolute atomic E-state index is 12.0. The molecule has 0 saturated carbocycles. The summed E-state index contributed by atoms with van der Waals surface area (Å²) in [5, 5.41) is 17.5. The number of carbonyl (C=O) groups excluding carboxylic acids is 2. The van der Waals surface area contributed by atoms with Crippen LogP contribution in [-0.2, 0) is 52.2 Å². The Morgan fingerprint density at radius 3 is 2.07 bits per heavy atom. The van der Waals surface area contributed by atoms with E-state index in [0.717, 1.165) is 6.42 Å². The van der Waals surface area contributed by atoms with Crippen LogP contribution < -0.4 is 5.73 Å². The van der Waals surface area contributed by atoms with Crippen molar-refractivity contribution in [3.05, 3.63) is 0 Å². The molecule has 0 spiro atoms. The number of hydrogen-bond acceptors (Lipinski definition) is 10. The van der Waals surface area contributed by atoms with Gasteiger partial charge in [-0.15, -0.1) is 0 Å². The Bertz CT molecular complexity index is 498. The lowest BCUT2D eigenvalue weighted by atomic mass is 10.2. The number of esters is 2. The SMILES string of the molecule is [NH3+]CCOP(=S)([S-])OC[C@@H](COC(=O)CCCCCO)OC(=O)CCCCCO. The van der Waals surface area contributed by atoms with E-state index >= 15 is 0 Å². The van der Waals surface area contributed by atoms with E-state index in [9.17, 15) is 9.59 Å². The van der Waals surface area contributed by atoms with Crippen LogP contribution >= 0.6 is 5.69 Å². The van der Waals surface area contributed by atoms with Crippen molar-refractivity contribution >= 4 is 41.7 Å². The predicted molar refractivity (Wildman–Crippen MR) is 113 cm³/mol. The van der Waals surface area contributed by atoms with Crippen molar-refractivity contribution in [3.8, 4) is 0 Å². The topological polar surface area (TPSA) is 139 Å². The molecule has 0 aliphatic heterocycles. The highest BCUT2D eigenvalue weighted by atomic mass is 32.9. The number of quaternary nitrogens is 1. The van der Waals surface area contributed by atoms with E-state index in [4.69, 9.17) is 52.8 Å². The van der Waals surface area contributed by atoms with E-state index in [0.29, 0.717) is 38.6 Å². The third-order valence-corrected chi connectivity index (χ3v) is 5.85. The summed E-state index contributed by atoms with van der Waals surface area (Å²) >= 11 is 10.2. The summed E-state index contributed by atoms with van der Waals surface area (Å²) in [5.41, 5.74) is 0.722. The monoisotopic (exact) mass is 475 g/mol. The molecule has 0 aliphatic carbocycles. The predicted octanol–water partition coefficient (Wildman–Crippen LogP) is 0.593. The average Bonchev–Trinajstić information content (AvgIpc) is 2.69. The molecule has 29 heavy (non-hydrogen) atoms. The fourth-order valence-electron chi connectivity index (χ4n) is 2.12. The lowest BCUT2D eigenvalue weighted by Crippen LogP contribution is -2.52. The van der Waals surface area contributed by atoms with Gasteiger partial charge in [0.15, 0.2) is 6.10 Å². The molecule has 172 valence electrons. The summed E-state index contributed by atoms with van der Waals surface area (Å²) in [7, 11) is 0. The highest BCUT2D eigenvalue weighted by molar-refractivity contribution is 8.51. The van der Waals surface area contributed by atoms with E-state index in [1.54, 1.807) is 0 Å². The Morgan fingerprint density at radius 2 is 1.52 bits per heavy atom. The quantitative estimate of drug-likeness (QED) is 0.105. The molecule has 0 rings (SSSR count). The first-order valence-electron chi connectivity index (χ1n) is 9.80. The van der Waals surface area contributed by atoms with Crippen molar-refractivity contribution in [2.75, 3.05) is 39.6 Å². The molecule has 9 nitrogen and oxygen atoms in total. The van der Waals surface area contributed by atoms with Gasteiger partial charge >= 0.3 is 11.9 Å². The van der Waals surface area contributed by atoms with Crippen LogP contribution in [0.1, 0.15) is 51.4 Å². The van der Waals surface area contributed by atoms with Gasteiger partial charge in [-0.2, -0.15) is 0 Å². The Hall–Kier alpha value is -0.260. The van der Waals surface area contributed by atoms with Crippen LogP contribution in [0.3, 0.4) is 0 Å². The summed E-state index contributed by atoms with van der Waals surface area (Å²) in [6, 6.07) is 0. The van der Waals surface area contributed by atoms with E-state index in [-0.39, 0.29) is 45.9 Å². The van der Waals surface area contributed by atoms with Crippen molar-refractivity contribution in [2.45, 2.75) is 57.5 Å². The molecule has 0 aliphatic rings. The minimum absolute atomic E-state index is 0.0799. The molecule has 0 heterocycles. The molecule has 0 aromatic heterocycles. The van der Waals surface area contributed by atoms with Gasteiger partial charge in [-0.1, -0.05) is 24.6 Å². The first-order chi connectivity index (χ1) is 13.8. The van der Waals surface area contributed by atoms with E-state index in [1.807, 2.05) is 0 Å². The number of hydrogen-bond donors (Lipinski definition) is 3. The Balaban J connectivity index is 4.51. The van der Waals surface area contributed by atoms with Crippen molar-refractivity contribution in [3.63, 3.8) is 0 Å². The second kappa shape index (κ2) is 18.5. The second-order valence-corrected chi connectivity index (χ2v) is 11.3. The molecular weight excluding hydrogens is 441 g/mol. The largest absolute Gasteiger partial charge is 0.691 e. The summed E-state index contributed by atoms with van der Waals surface area (Å²) < 4.78 is 21.3. The number of ether oxygens (including phenoxy) is 2. The molecule has 0 aromatic rings. The summed E-state index contributed by atoms with van der Waals surface area (Å²) in [6.45, 7) is 0.652. The Kier molecular flexibility index (Phi) is 18.3. The number of aliphatic hydroxyl groups is 2. The lowest BCUT2D eigenvalue weighted by Gasteiger charge is -2.29. The molecule has 0 aromatic carbocycles. The van der Waals surface area contributed by atoms with Crippen LogP contribution in [0, 0.1) is 0 Å². The van der Waals surface area contributed by atoms with Crippen LogP contribution in [0.5, 0.6) is 0 Å². The number of carbonyl (C=O) groups is 2. The van der Waals surface area contributed by atoms with Gasteiger partial charge < -0.3 is 46.7 Å². The third kappa shape index (κ3) is 18.2. The smallest absolute Gasteiger partial charge is 0.306 e. The molecule has 5 N–H and O–H groups in total. The zero-order valence-corrected chi connectivity index (χ0v) is 19.3. The average molecular weight is 476 g/mol. The first-order valence-corrected chi connectivity index (χ1v) is 13.5. The van der Waals surface area contributed by atoms with Crippen molar-refractivity contribution in [1.82, 2.24) is 0 Å².